The number of ether oxygens (including phenoxy) is 1. The summed E-state index contributed by atoms with van der Waals surface area (Å²) in [7, 11) is 0. The van der Waals surface area contributed by atoms with E-state index in [1.807, 2.05) is 12.1 Å². The summed E-state index contributed by atoms with van der Waals surface area (Å²) < 4.78 is 6.41. The highest BCUT2D eigenvalue weighted by atomic mass is 79.9. The van der Waals surface area contributed by atoms with Crippen LogP contribution in [0.5, 0.6) is 5.75 Å². The van der Waals surface area contributed by atoms with E-state index in [0.29, 0.717) is 6.61 Å². The fraction of sp³-hybridized carbons (Fsp3) is 0.333. The van der Waals surface area contributed by atoms with Gasteiger partial charge in [-0.1, -0.05) is 15.9 Å². The van der Waals surface area contributed by atoms with Gasteiger partial charge >= 0.3 is 0 Å². The van der Waals surface area contributed by atoms with Gasteiger partial charge in [0.25, 0.3) is 0 Å². The Morgan fingerprint density at radius 1 is 1.50 bits per heavy atom. The van der Waals surface area contributed by atoms with Crippen molar-refractivity contribution in [1.29, 1.82) is 0 Å². The molecule has 0 fully saturated rings. The van der Waals surface area contributed by atoms with Crippen LogP contribution in [-0.2, 0) is 6.61 Å². The van der Waals surface area contributed by atoms with E-state index in [-0.39, 0.29) is 19.0 Å². The minimum absolute atomic E-state index is 0. The summed E-state index contributed by atoms with van der Waals surface area (Å²) >= 11 is 3.38. The molecule has 0 saturated carbocycles. The Morgan fingerprint density at radius 2 is 2.29 bits per heavy atom. The van der Waals surface area contributed by atoms with E-state index in [1.54, 1.807) is 0 Å². The Morgan fingerprint density at radius 3 is 3.00 bits per heavy atom. The van der Waals surface area contributed by atoms with E-state index in [0.717, 1.165) is 28.0 Å². The lowest BCUT2D eigenvalue weighted by Crippen LogP contribution is -2.19. The van der Waals surface area contributed by atoms with Crippen LogP contribution in [0.4, 0.5) is 5.69 Å². The molecule has 0 amide bonds. The molecule has 2 rings (SSSR count). The van der Waals surface area contributed by atoms with Crippen LogP contribution in [0.2, 0.25) is 0 Å². The average molecular weight is 281 g/mol. The summed E-state index contributed by atoms with van der Waals surface area (Å²) in [5.41, 5.74) is 1.77. The molecule has 1 aliphatic heterocycles. The molecule has 78 valence electrons. The summed E-state index contributed by atoms with van der Waals surface area (Å²) in [4.78, 5) is 0. The zero-order valence-electron chi connectivity index (χ0n) is 7.42. The van der Waals surface area contributed by atoms with Crippen molar-refractivity contribution >= 4 is 34.0 Å². The smallest absolute Gasteiger partial charge is 0.148 e. The zero-order chi connectivity index (χ0) is 9.26. The van der Waals surface area contributed by atoms with Crippen LogP contribution in [0, 0.1) is 0 Å². The van der Waals surface area contributed by atoms with Gasteiger partial charge in [-0.15, -0.1) is 12.4 Å². The Kier molecular flexibility index (Phi) is 4.04. The second-order valence-electron chi connectivity index (χ2n) is 2.87. The van der Waals surface area contributed by atoms with Crippen LogP contribution < -0.4 is 10.1 Å². The van der Waals surface area contributed by atoms with Crippen molar-refractivity contribution in [1.82, 2.24) is 0 Å². The topological polar surface area (TPSA) is 41.5 Å². The van der Waals surface area contributed by atoms with Gasteiger partial charge in [0.1, 0.15) is 12.4 Å². The molecule has 0 aromatic heterocycles. The van der Waals surface area contributed by atoms with Gasteiger partial charge in [0, 0.05) is 16.6 Å². The number of hydrogen-bond donors (Lipinski definition) is 2. The molecular formula is C9H11BrClNO2. The third-order valence-corrected chi connectivity index (χ3v) is 2.42. The van der Waals surface area contributed by atoms with Crippen LogP contribution in [0.1, 0.15) is 5.56 Å². The molecule has 0 unspecified atom stereocenters. The number of halogens is 2. The fourth-order valence-corrected chi connectivity index (χ4v) is 1.91. The maximum atomic E-state index is 9.09. The maximum Gasteiger partial charge on any atom is 0.148 e. The standard InChI is InChI=1S/C9H10BrNO2.ClH/c10-7-3-6(5-12)9-8(4-7)11-1-2-13-9;/h3-4,11-12H,1-2,5H2;1H. The molecule has 0 saturated heterocycles. The lowest BCUT2D eigenvalue weighted by molar-refractivity contribution is 0.263. The number of hydrogen-bond acceptors (Lipinski definition) is 3. The fourth-order valence-electron chi connectivity index (χ4n) is 1.41. The number of aliphatic hydroxyl groups is 1. The lowest BCUT2D eigenvalue weighted by atomic mass is 10.1. The van der Waals surface area contributed by atoms with Crippen molar-refractivity contribution in [2.45, 2.75) is 6.61 Å². The van der Waals surface area contributed by atoms with E-state index >= 15 is 0 Å². The first-order valence-electron chi connectivity index (χ1n) is 4.11. The Balaban J connectivity index is 0.000000980. The molecule has 5 heteroatoms. The van der Waals surface area contributed by atoms with Gasteiger partial charge in [0.05, 0.1) is 12.3 Å². The third-order valence-electron chi connectivity index (χ3n) is 1.96. The van der Waals surface area contributed by atoms with Crippen LogP contribution in [0.25, 0.3) is 0 Å². The van der Waals surface area contributed by atoms with E-state index in [4.69, 9.17) is 9.84 Å². The predicted octanol–water partition coefficient (Wildman–Crippen LogP) is 2.17. The summed E-state index contributed by atoms with van der Waals surface area (Å²) in [5, 5.41) is 12.3. The van der Waals surface area contributed by atoms with Crippen LogP contribution in [0.3, 0.4) is 0 Å². The molecule has 0 bridgehead atoms. The summed E-state index contributed by atoms with van der Waals surface area (Å²) in [6.45, 7) is 1.47. The monoisotopic (exact) mass is 279 g/mol. The van der Waals surface area contributed by atoms with Gasteiger partial charge in [0.2, 0.25) is 0 Å². The molecular weight excluding hydrogens is 269 g/mol. The zero-order valence-corrected chi connectivity index (χ0v) is 9.82. The Hall–Kier alpha value is -0.450. The number of aliphatic hydroxyl groups excluding tert-OH is 1. The summed E-state index contributed by atoms with van der Waals surface area (Å²) in [5.74, 6) is 0.775. The third kappa shape index (κ3) is 2.13. The highest BCUT2D eigenvalue weighted by molar-refractivity contribution is 9.10. The Labute approximate surface area is 97.0 Å². The minimum atomic E-state index is 0. The molecule has 0 spiro atoms. The average Bonchev–Trinajstić information content (AvgIpc) is 2.16. The second-order valence-corrected chi connectivity index (χ2v) is 3.79. The number of nitrogens with one attached hydrogen (secondary N) is 1. The van der Waals surface area contributed by atoms with Crippen LogP contribution in [-0.4, -0.2) is 18.3 Å². The number of fused-ring (bicyclic) bond motifs is 1. The molecule has 1 aliphatic rings. The van der Waals surface area contributed by atoms with Crippen molar-refractivity contribution in [3.63, 3.8) is 0 Å². The van der Waals surface area contributed by atoms with Gasteiger partial charge in [0.15, 0.2) is 0 Å². The van der Waals surface area contributed by atoms with Gasteiger partial charge in [-0.05, 0) is 12.1 Å². The van der Waals surface area contributed by atoms with Crippen LogP contribution >= 0.6 is 28.3 Å². The van der Waals surface area contributed by atoms with E-state index in [2.05, 4.69) is 21.2 Å². The summed E-state index contributed by atoms with van der Waals surface area (Å²) in [6.07, 6.45) is 0. The van der Waals surface area contributed by atoms with Crippen molar-refractivity contribution in [2.75, 3.05) is 18.5 Å². The predicted molar refractivity (Wildman–Crippen MR) is 61.3 cm³/mol. The second kappa shape index (κ2) is 4.87. The van der Waals surface area contributed by atoms with Gasteiger partial charge < -0.3 is 15.2 Å². The van der Waals surface area contributed by atoms with Crippen molar-refractivity contribution in [3.8, 4) is 5.75 Å². The first-order valence-corrected chi connectivity index (χ1v) is 4.90. The van der Waals surface area contributed by atoms with Crippen molar-refractivity contribution in [3.05, 3.63) is 22.2 Å². The molecule has 0 atom stereocenters. The van der Waals surface area contributed by atoms with Gasteiger partial charge in [-0.25, -0.2) is 0 Å². The van der Waals surface area contributed by atoms with E-state index in [1.165, 1.54) is 0 Å². The maximum absolute atomic E-state index is 9.09. The molecule has 2 N–H and O–H groups in total. The highest BCUT2D eigenvalue weighted by Gasteiger charge is 2.14. The largest absolute Gasteiger partial charge is 0.489 e. The highest BCUT2D eigenvalue weighted by Crippen LogP contribution is 2.34. The molecule has 1 aromatic carbocycles. The number of anilines is 1. The van der Waals surface area contributed by atoms with Crippen molar-refractivity contribution < 1.29 is 9.84 Å². The van der Waals surface area contributed by atoms with Gasteiger partial charge in [-0.3, -0.25) is 0 Å². The lowest BCUT2D eigenvalue weighted by Gasteiger charge is -2.21. The van der Waals surface area contributed by atoms with E-state index < -0.39 is 0 Å². The molecule has 0 aliphatic carbocycles. The van der Waals surface area contributed by atoms with Crippen LogP contribution in [0.15, 0.2) is 16.6 Å². The Bertz CT molecular complexity index is 316. The first kappa shape index (κ1) is 11.6. The van der Waals surface area contributed by atoms with Gasteiger partial charge in [-0.2, -0.15) is 0 Å². The van der Waals surface area contributed by atoms with Crippen molar-refractivity contribution in [2.24, 2.45) is 0 Å². The molecule has 1 heterocycles. The van der Waals surface area contributed by atoms with E-state index in [9.17, 15) is 0 Å². The normalized spacial score (nSPS) is 13.3. The number of rotatable bonds is 1. The number of benzene rings is 1. The minimum Gasteiger partial charge on any atom is -0.489 e. The molecule has 14 heavy (non-hydrogen) atoms. The SMILES string of the molecule is Cl.OCc1cc(Br)cc2c1OCCN2. The molecule has 1 aromatic rings. The molecule has 3 nitrogen and oxygen atoms in total. The first-order chi connectivity index (χ1) is 6.31. The molecule has 0 radical (unpaired) electrons. The quantitative estimate of drug-likeness (QED) is 0.828. The summed E-state index contributed by atoms with van der Waals surface area (Å²) in [6, 6.07) is 3.82.